The summed E-state index contributed by atoms with van der Waals surface area (Å²) in [6, 6.07) is 1.88. The van der Waals surface area contributed by atoms with Crippen LogP contribution in [0.15, 0.2) is 17.4 Å². The number of hydrogen-bond acceptors (Lipinski definition) is 5. The first-order valence-corrected chi connectivity index (χ1v) is 5.15. The van der Waals surface area contributed by atoms with Gasteiger partial charge in [0.25, 0.3) is 0 Å². The molecule has 4 nitrogen and oxygen atoms in total. The Morgan fingerprint density at radius 2 is 2.38 bits per heavy atom. The van der Waals surface area contributed by atoms with Gasteiger partial charge in [0.15, 0.2) is 0 Å². The molecular weight excluding hydrogens is 186 g/mol. The Balaban J connectivity index is 2.56. The molecule has 0 aromatic carbocycles. The Hall–Kier alpha value is -0.810. The highest BCUT2D eigenvalue weighted by atomic mass is 32.2. The summed E-state index contributed by atoms with van der Waals surface area (Å²) in [5, 5.41) is 12.6. The highest BCUT2D eigenvalue weighted by Crippen LogP contribution is 2.16. The van der Waals surface area contributed by atoms with Gasteiger partial charge in [-0.1, -0.05) is 0 Å². The SMILES string of the molecule is CCNc1cc(SCCO)ncn1. The van der Waals surface area contributed by atoms with Crippen molar-refractivity contribution in [1.82, 2.24) is 9.97 Å². The molecule has 0 atom stereocenters. The van der Waals surface area contributed by atoms with E-state index in [1.807, 2.05) is 13.0 Å². The van der Waals surface area contributed by atoms with E-state index in [2.05, 4.69) is 15.3 Å². The van der Waals surface area contributed by atoms with E-state index in [-0.39, 0.29) is 6.61 Å². The molecule has 1 heterocycles. The van der Waals surface area contributed by atoms with E-state index < -0.39 is 0 Å². The average Bonchev–Trinajstić information content (AvgIpc) is 2.16. The highest BCUT2D eigenvalue weighted by molar-refractivity contribution is 7.99. The molecule has 0 aliphatic carbocycles. The van der Waals surface area contributed by atoms with Crippen molar-refractivity contribution >= 4 is 17.6 Å². The number of anilines is 1. The van der Waals surface area contributed by atoms with Gasteiger partial charge in [-0.3, -0.25) is 0 Å². The lowest BCUT2D eigenvalue weighted by molar-refractivity contribution is 0.322. The molecule has 0 radical (unpaired) electrons. The fourth-order valence-electron chi connectivity index (χ4n) is 0.846. The third-order valence-electron chi connectivity index (χ3n) is 1.34. The van der Waals surface area contributed by atoms with Crippen molar-refractivity contribution in [2.75, 3.05) is 24.2 Å². The first kappa shape index (κ1) is 10.3. The van der Waals surface area contributed by atoms with Gasteiger partial charge in [-0.05, 0) is 6.92 Å². The second-order valence-electron chi connectivity index (χ2n) is 2.34. The minimum atomic E-state index is 0.172. The van der Waals surface area contributed by atoms with Gasteiger partial charge in [0.1, 0.15) is 17.2 Å². The summed E-state index contributed by atoms with van der Waals surface area (Å²) in [5.41, 5.74) is 0. The smallest absolute Gasteiger partial charge is 0.130 e. The molecule has 0 fully saturated rings. The molecule has 1 aromatic rings. The number of hydrogen-bond donors (Lipinski definition) is 2. The average molecular weight is 199 g/mol. The van der Waals surface area contributed by atoms with Gasteiger partial charge in [-0.2, -0.15) is 0 Å². The first-order chi connectivity index (χ1) is 6.36. The Bertz CT molecular complexity index is 257. The van der Waals surface area contributed by atoms with Crippen molar-refractivity contribution in [3.63, 3.8) is 0 Å². The molecule has 1 aromatic heterocycles. The van der Waals surface area contributed by atoms with Gasteiger partial charge in [0.2, 0.25) is 0 Å². The first-order valence-electron chi connectivity index (χ1n) is 4.16. The van der Waals surface area contributed by atoms with Gasteiger partial charge in [-0.25, -0.2) is 9.97 Å². The van der Waals surface area contributed by atoms with Gasteiger partial charge >= 0.3 is 0 Å². The molecule has 72 valence electrons. The summed E-state index contributed by atoms with van der Waals surface area (Å²) in [5.74, 6) is 1.50. The Labute approximate surface area is 81.8 Å². The zero-order valence-electron chi connectivity index (χ0n) is 7.53. The summed E-state index contributed by atoms with van der Waals surface area (Å²) in [6.07, 6.45) is 1.53. The minimum absolute atomic E-state index is 0.172. The molecule has 0 saturated carbocycles. The van der Waals surface area contributed by atoms with E-state index in [0.717, 1.165) is 17.4 Å². The standard InChI is InChI=1S/C8H13N3OS/c1-2-9-7-5-8(11-6-10-7)13-4-3-12/h5-6,12H,2-4H2,1H3,(H,9,10,11). The zero-order valence-corrected chi connectivity index (χ0v) is 8.34. The number of rotatable bonds is 5. The summed E-state index contributed by atoms with van der Waals surface area (Å²) >= 11 is 1.52. The van der Waals surface area contributed by atoms with Crippen molar-refractivity contribution in [2.45, 2.75) is 11.9 Å². The molecule has 0 aliphatic heterocycles. The van der Waals surface area contributed by atoms with Crippen LogP contribution in [0.2, 0.25) is 0 Å². The fraction of sp³-hybridized carbons (Fsp3) is 0.500. The van der Waals surface area contributed by atoms with Gasteiger partial charge in [-0.15, -0.1) is 11.8 Å². The molecule has 0 amide bonds. The van der Waals surface area contributed by atoms with E-state index in [0.29, 0.717) is 5.75 Å². The Morgan fingerprint density at radius 3 is 3.08 bits per heavy atom. The number of thioether (sulfide) groups is 1. The molecule has 2 N–H and O–H groups in total. The molecule has 13 heavy (non-hydrogen) atoms. The molecule has 0 unspecified atom stereocenters. The van der Waals surface area contributed by atoms with Gasteiger partial charge in [0, 0.05) is 18.4 Å². The van der Waals surface area contributed by atoms with Crippen LogP contribution in [0.1, 0.15) is 6.92 Å². The Kier molecular flexibility index (Phi) is 4.56. The molecular formula is C8H13N3OS. The second kappa shape index (κ2) is 5.77. The van der Waals surface area contributed by atoms with E-state index in [1.54, 1.807) is 0 Å². The van der Waals surface area contributed by atoms with Crippen molar-refractivity contribution < 1.29 is 5.11 Å². The quantitative estimate of drug-likeness (QED) is 0.547. The molecule has 0 saturated heterocycles. The molecule has 1 rings (SSSR count). The second-order valence-corrected chi connectivity index (χ2v) is 3.46. The predicted molar refractivity (Wildman–Crippen MR) is 54.0 cm³/mol. The number of aliphatic hydroxyl groups is 1. The van der Waals surface area contributed by atoms with Crippen LogP contribution in [0.25, 0.3) is 0 Å². The summed E-state index contributed by atoms with van der Waals surface area (Å²) in [6.45, 7) is 3.04. The third kappa shape index (κ3) is 3.61. The van der Waals surface area contributed by atoms with E-state index in [4.69, 9.17) is 5.11 Å². The number of nitrogens with one attached hydrogen (secondary N) is 1. The van der Waals surface area contributed by atoms with Crippen LogP contribution in [-0.4, -0.2) is 34.0 Å². The van der Waals surface area contributed by atoms with Crippen molar-refractivity contribution in [1.29, 1.82) is 0 Å². The van der Waals surface area contributed by atoms with Crippen LogP contribution in [-0.2, 0) is 0 Å². The van der Waals surface area contributed by atoms with Gasteiger partial charge < -0.3 is 10.4 Å². The highest BCUT2D eigenvalue weighted by Gasteiger charge is 1.97. The van der Waals surface area contributed by atoms with E-state index in [1.165, 1.54) is 18.1 Å². The van der Waals surface area contributed by atoms with E-state index in [9.17, 15) is 0 Å². The van der Waals surface area contributed by atoms with E-state index >= 15 is 0 Å². The maximum Gasteiger partial charge on any atom is 0.130 e. The maximum atomic E-state index is 8.62. The van der Waals surface area contributed by atoms with Crippen LogP contribution in [0.4, 0.5) is 5.82 Å². The van der Waals surface area contributed by atoms with Crippen LogP contribution in [0.5, 0.6) is 0 Å². The fourth-order valence-corrected chi connectivity index (χ4v) is 1.46. The maximum absolute atomic E-state index is 8.62. The lowest BCUT2D eigenvalue weighted by Crippen LogP contribution is -1.99. The van der Waals surface area contributed by atoms with Gasteiger partial charge in [0.05, 0.1) is 6.61 Å². The Morgan fingerprint density at radius 1 is 1.54 bits per heavy atom. The summed E-state index contributed by atoms with van der Waals surface area (Å²) in [4.78, 5) is 8.10. The summed E-state index contributed by atoms with van der Waals surface area (Å²) in [7, 11) is 0. The van der Waals surface area contributed by atoms with Crippen molar-refractivity contribution in [2.24, 2.45) is 0 Å². The van der Waals surface area contributed by atoms with Crippen LogP contribution < -0.4 is 5.32 Å². The zero-order chi connectivity index (χ0) is 9.52. The number of aromatic nitrogens is 2. The predicted octanol–water partition coefficient (Wildman–Crippen LogP) is 0.993. The summed E-state index contributed by atoms with van der Waals surface area (Å²) < 4.78 is 0. The lowest BCUT2D eigenvalue weighted by Gasteiger charge is -2.02. The number of aliphatic hydroxyl groups excluding tert-OH is 1. The molecule has 5 heteroatoms. The molecule has 0 aliphatic rings. The minimum Gasteiger partial charge on any atom is -0.396 e. The van der Waals surface area contributed by atoms with Crippen LogP contribution >= 0.6 is 11.8 Å². The van der Waals surface area contributed by atoms with Crippen LogP contribution in [0.3, 0.4) is 0 Å². The normalized spacial score (nSPS) is 10.0. The largest absolute Gasteiger partial charge is 0.396 e. The van der Waals surface area contributed by atoms with Crippen molar-refractivity contribution in [3.05, 3.63) is 12.4 Å². The topological polar surface area (TPSA) is 58.0 Å². The lowest BCUT2D eigenvalue weighted by atomic mass is 10.5. The molecule has 0 bridgehead atoms. The van der Waals surface area contributed by atoms with Crippen molar-refractivity contribution in [3.8, 4) is 0 Å². The third-order valence-corrected chi connectivity index (χ3v) is 2.25. The number of nitrogens with zero attached hydrogens (tertiary/aromatic N) is 2. The van der Waals surface area contributed by atoms with Crippen LogP contribution in [0, 0.1) is 0 Å². The monoisotopic (exact) mass is 199 g/mol. The molecule has 0 spiro atoms.